The Bertz CT molecular complexity index is 711. The van der Waals surface area contributed by atoms with Crippen LogP contribution in [0.25, 0.3) is 5.69 Å². The number of carboxylic acid groups (broad SMARTS) is 2. The van der Waals surface area contributed by atoms with Gasteiger partial charge >= 0.3 is 11.9 Å². The number of carboxylic acids is 2. The molecule has 6 heteroatoms. The van der Waals surface area contributed by atoms with Gasteiger partial charge in [0.15, 0.2) is 0 Å². The summed E-state index contributed by atoms with van der Waals surface area (Å²) in [6.45, 7) is 5.57. The average molecular weight is 288 g/mol. The molecule has 0 atom stereocenters. The molecule has 1 heterocycles. The molecule has 0 bridgehead atoms. The number of carbonyl (C=O) groups is 2. The van der Waals surface area contributed by atoms with Gasteiger partial charge < -0.3 is 10.2 Å². The molecule has 0 aliphatic heterocycles. The summed E-state index contributed by atoms with van der Waals surface area (Å²) in [7, 11) is 0. The normalized spacial score (nSPS) is 11.4. The van der Waals surface area contributed by atoms with Gasteiger partial charge in [0.05, 0.1) is 23.1 Å². The molecule has 0 saturated carbocycles. The fourth-order valence-electron chi connectivity index (χ4n) is 2.25. The molecule has 0 aliphatic rings. The van der Waals surface area contributed by atoms with Crippen molar-refractivity contribution in [3.63, 3.8) is 0 Å². The Morgan fingerprint density at radius 1 is 1.05 bits per heavy atom. The molecule has 1 aromatic carbocycles. The van der Waals surface area contributed by atoms with Crippen LogP contribution >= 0.6 is 0 Å². The van der Waals surface area contributed by atoms with Gasteiger partial charge in [-0.1, -0.05) is 32.9 Å². The topological polar surface area (TPSA) is 92.4 Å². The fourth-order valence-corrected chi connectivity index (χ4v) is 2.25. The van der Waals surface area contributed by atoms with Crippen molar-refractivity contribution < 1.29 is 19.8 Å². The van der Waals surface area contributed by atoms with Crippen LogP contribution in [0, 0.1) is 0 Å². The summed E-state index contributed by atoms with van der Waals surface area (Å²) in [4.78, 5) is 22.7. The monoisotopic (exact) mass is 288 g/mol. The highest BCUT2D eigenvalue weighted by Gasteiger charge is 2.29. The molecule has 110 valence electrons. The van der Waals surface area contributed by atoms with E-state index in [1.165, 1.54) is 16.9 Å². The fraction of sp³-hybridized carbons (Fsp3) is 0.267. The highest BCUT2D eigenvalue weighted by Crippen LogP contribution is 2.29. The number of aromatic nitrogens is 2. The molecule has 1 aromatic heterocycles. The first kappa shape index (κ1) is 14.8. The predicted molar refractivity (Wildman–Crippen MR) is 76.2 cm³/mol. The van der Waals surface area contributed by atoms with E-state index in [0.29, 0.717) is 11.4 Å². The molecule has 6 nitrogen and oxygen atoms in total. The van der Waals surface area contributed by atoms with Gasteiger partial charge in [0.2, 0.25) is 0 Å². The summed E-state index contributed by atoms with van der Waals surface area (Å²) in [5.41, 5.74) is 0.451. The van der Waals surface area contributed by atoms with Gasteiger partial charge in [-0.25, -0.2) is 14.3 Å². The summed E-state index contributed by atoms with van der Waals surface area (Å²) >= 11 is 0. The number of hydrogen-bond acceptors (Lipinski definition) is 3. The molecule has 0 aliphatic carbocycles. The second-order valence-electron chi connectivity index (χ2n) is 5.70. The highest BCUT2D eigenvalue weighted by atomic mass is 16.4. The Labute approximate surface area is 121 Å². The summed E-state index contributed by atoms with van der Waals surface area (Å²) in [6, 6.07) is 6.38. The van der Waals surface area contributed by atoms with E-state index in [-0.39, 0.29) is 11.1 Å². The quantitative estimate of drug-likeness (QED) is 0.905. The molecule has 0 radical (unpaired) electrons. The Morgan fingerprint density at radius 2 is 1.62 bits per heavy atom. The van der Waals surface area contributed by atoms with Crippen molar-refractivity contribution in [3.05, 3.63) is 47.3 Å². The summed E-state index contributed by atoms with van der Waals surface area (Å²) in [5.74, 6) is -2.17. The first-order valence-electron chi connectivity index (χ1n) is 6.38. The number of nitrogens with zero attached hydrogens (tertiary/aromatic N) is 2. The zero-order valence-electron chi connectivity index (χ0n) is 12.0. The van der Waals surface area contributed by atoms with E-state index in [1.807, 2.05) is 20.8 Å². The first-order valence-corrected chi connectivity index (χ1v) is 6.38. The van der Waals surface area contributed by atoms with E-state index < -0.39 is 17.4 Å². The van der Waals surface area contributed by atoms with Crippen molar-refractivity contribution in [2.45, 2.75) is 26.2 Å². The minimum absolute atomic E-state index is 0.0719. The lowest BCUT2D eigenvalue weighted by Crippen LogP contribution is -2.22. The van der Waals surface area contributed by atoms with Gasteiger partial charge in [-0.05, 0) is 12.1 Å². The molecule has 2 N–H and O–H groups in total. The third-order valence-electron chi connectivity index (χ3n) is 3.07. The summed E-state index contributed by atoms with van der Waals surface area (Å²) in [5, 5.41) is 22.7. The molecule has 0 unspecified atom stereocenters. The van der Waals surface area contributed by atoms with Crippen LogP contribution < -0.4 is 0 Å². The summed E-state index contributed by atoms with van der Waals surface area (Å²) < 4.78 is 1.40. The molecule has 2 rings (SSSR count). The van der Waals surface area contributed by atoms with Gasteiger partial charge in [0, 0.05) is 5.41 Å². The molecule has 0 spiro atoms. The van der Waals surface area contributed by atoms with Crippen molar-refractivity contribution in [1.29, 1.82) is 0 Å². The Kier molecular flexibility index (Phi) is 3.55. The van der Waals surface area contributed by atoms with Crippen LogP contribution in [0.1, 0.15) is 47.2 Å². The van der Waals surface area contributed by atoms with Gasteiger partial charge in [-0.2, -0.15) is 5.10 Å². The van der Waals surface area contributed by atoms with Crippen LogP contribution in [-0.4, -0.2) is 31.9 Å². The Balaban J connectivity index is 2.77. The van der Waals surface area contributed by atoms with Gasteiger partial charge in [0.25, 0.3) is 0 Å². The third kappa shape index (κ3) is 2.65. The SMILES string of the molecule is CC(C)(C)c1c(C(=O)O)cnn1-c1ccccc1C(=O)O. The molecule has 0 fully saturated rings. The Hall–Kier alpha value is -2.63. The van der Waals surface area contributed by atoms with E-state index in [4.69, 9.17) is 0 Å². The van der Waals surface area contributed by atoms with Crippen LogP contribution in [-0.2, 0) is 5.41 Å². The standard InChI is InChI=1S/C15H16N2O4/c1-15(2,3)12-10(14(20)21)8-16-17(12)11-7-5-4-6-9(11)13(18)19/h4-8H,1-3H3,(H,18,19)(H,20,21). The Morgan fingerprint density at radius 3 is 2.14 bits per heavy atom. The van der Waals surface area contributed by atoms with E-state index >= 15 is 0 Å². The minimum atomic E-state index is -1.09. The van der Waals surface area contributed by atoms with Crippen molar-refractivity contribution >= 4 is 11.9 Å². The molecular formula is C15H16N2O4. The number of para-hydroxylation sites is 1. The van der Waals surface area contributed by atoms with E-state index in [9.17, 15) is 19.8 Å². The maximum absolute atomic E-state index is 11.4. The lowest BCUT2D eigenvalue weighted by molar-refractivity contribution is 0.0686. The van der Waals surface area contributed by atoms with Crippen molar-refractivity contribution in [1.82, 2.24) is 9.78 Å². The van der Waals surface area contributed by atoms with Crippen LogP contribution in [0.4, 0.5) is 0 Å². The second-order valence-corrected chi connectivity index (χ2v) is 5.70. The van der Waals surface area contributed by atoms with E-state index in [1.54, 1.807) is 18.2 Å². The van der Waals surface area contributed by atoms with Gasteiger partial charge in [-0.3, -0.25) is 0 Å². The number of hydrogen-bond donors (Lipinski definition) is 2. The van der Waals surface area contributed by atoms with Gasteiger partial charge in [0.1, 0.15) is 5.56 Å². The zero-order valence-corrected chi connectivity index (χ0v) is 12.0. The van der Waals surface area contributed by atoms with Crippen LogP contribution in [0.5, 0.6) is 0 Å². The third-order valence-corrected chi connectivity index (χ3v) is 3.07. The number of rotatable bonds is 3. The largest absolute Gasteiger partial charge is 0.478 e. The van der Waals surface area contributed by atoms with Crippen LogP contribution in [0.2, 0.25) is 0 Å². The van der Waals surface area contributed by atoms with Crippen molar-refractivity contribution in [3.8, 4) is 5.69 Å². The zero-order chi connectivity index (χ0) is 15.8. The minimum Gasteiger partial charge on any atom is -0.478 e. The highest BCUT2D eigenvalue weighted by molar-refractivity contribution is 5.93. The summed E-state index contributed by atoms with van der Waals surface area (Å²) in [6.07, 6.45) is 1.25. The number of aromatic carboxylic acids is 2. The maximum Gasteiger partial charge on any atom is 0.339 e. The predicted octanol–water partition coefficient (Wildman–Crippen LogP) is 2.57. The molecule has 0 amide bonds. The van der Waals surface area contributed by atoms with Gasteiger partial charge in [-0.15, -0.1) is 0 Å². The average Bonchev–Trinajstić information content (AvgIpc) is 2.83. The molecule has 0 saturated heterocycles. The molecule has 21 heavy (non-hydrogen) atoms. The van der Waals surface area contributed by atoms with E-state index in [0.717, 1.165) is 0 Å². The first-order chi connectivity index (χ1) is 9.73. The van der Waals surface area contributed by atoms with Crippen LogP contribution in [0.15, 0.2) is 30.5 Å². The molecule has 2 aromatic rings. The lowest BCUT2D eigenvalue weighted by Gasteiger charge is -2.22. The van der Waals surface area contributed by atoms with Crippen molar-refractivity contribution in [2.75, 3.05) is 0 Å². The lowest BCUT2D eigenvalue weighted by atomic mass is 9.89. The molecular weight excluding hydrogens is 272 g/mol. The van der Waals surface area contributed by atoms with Crippen LogP contribution in [0.3, 0.4) is 0 Å². The van der Waals surface area contributed by atoms with E-state index in [2.05, 4.69) is 5.10 Å². The smallest absolute Gasteiger partial charge is 0.339 e. The number of benzene rings is 1. The maximum atomic E-state index is 11.4. The second kappa shape index (κ2) is 5.05. The van der Waals surface area contributed by atoms with Crippen molar-refractivity contribution in [2.24, 2.45) is 0 Å².